The Kier molecular flexibility index (Phi) is 3.74. The first-order chi connectivity index (χ1) is 9.67. The molecule has 0 aromatic carbocycles. The molecule has 0 aliphatic carbocycles. The largest absolute Gasteiger partial charge is 0.389 e. The van der Waals surface area contributed by atoms with Crippen LogP contribution in [0.2, 0.25) is 0 Å². The number of aliphatic hydroxyl groups is 1. The first kappa shape index (κ1) is 13.5. The van der Waals surface area contributed by atoms with Crippen LogP contribution in [0, 0.1) is 6.92 Å². The highest BCUT2D eigenvalue weighted by Crippen LogP contribution is 2.17. The Bertz CT molecular complexity index is 596. The van der Waals surface area contributed by atoms with Crippen molar-refractivity contribution in [2.45, 2.75) is 32.5 Å². The molecule has 0 spiro atoms. The zero-order chi connectivity index (χ0) is 14.1. The summed E-state index contributed by atoms with van der Waals surface area (Å²) >= 11 is 0. The van der Waals surface area contributed by atoms with Crippen molar-refractivity contribution in [1.82, 2.24) is 14.3 Å². The molecule has 1 aliphatic rings. The van der Waals surface area contributed by atoms with Crippen LogP contribution in [0.3, 0.4) is 0 Å². The molecule has 0 amide bonds. The Labute approximate surface area is 118 Å². The van der Waals surface area contributed by atoms with Crippen molar-refractivity contribution >= 4 is 5.65 Å². The van der Waals surface area contributed by atoms with E-state index in [0.29, 0.717) is 13.2 Å². The molecule has 2 atom stereocenters. The molecule has 1 N–H and O–H groups in total. The molecule has 1 saturated heterocycles. The molecule has 0 unspecified atom stereocenters. The summed E-state index contributed by atoms with van der Waals surface area (Å²) in [6.07, 6.45) is 3.69. The normalized spacial score (nSPS) is 23.0. The summed E-state index contributed by atoms with van der Waals surface area (Å²) in [6, 6.07) is 4.23. The summed E-state index contributed by atoms with van der Waals surface area (Å²) in [5.74, 6) is 0. The molecule has 5 nitrogen and oxygen atoms in total. The summed E-state index contributed by atoms with van der Waals surface area (Å²) in [4.78, 5) is 6.89. The van der Waals surface area contributed by atoms with Gasteiger partial charge in [-0.3, -0.25) is 4.90 Å². The molecule has 108 valence electrons. The summed E-state index contributed by atoms with van der Waals surface area (Å²) in [6.45, 7) is 6.82. The quantitative estimate of drug-likeness (QED) is 0.911. The third kappa shape index (κ3) is 2.57. The summed E-state index contributed by atoms with van der Waals surface area (Å²) in [7, 11) is 0. The molecular weight excluding hydrogens is 254 g/mol. The Balaban J connectivity index is 1.80. The number of aromatic nitrogens is 2. The Morgan fingerprint density at radius 2 is 2.35 bits per heavy atom. The number of hydrogen-bond acceptors (Lipinski definition) is 4. The SMILES string of the molecule is CCN(Cc1cn2ccc(C)cc2n1)[C@H]1COC[C@@H]1O. The maximum atomic E-state index is 9.95. The minimum Gasteiger partial charge on any atom is -0.389 e. The molecule has 0 radical (unpaired) electrons. The average molecular weight is 275 g/mol. The third-order valence-corrected chi connectivity index (χ3v) is 3.93. The van der Waals surface area contributed by atoms with Gasteiger partial charge in [-0.05, 0) is 31.2 Å². The number of pyridine rings is 1. The first-order valence-electron chi connectivity index (χ1n) is 7.11. The van der Waals surface area contributed by atoms with Crippen LogP contribution < -0.4 is 0 Å². The average Bonchev–Trinajstić information content (AvgIpc) is 3.01. The van der Waals surface area contributed by atoms with Gasteiger partial charge in [0.15, 0.2) is 0 Å². The molecule has 2 aromatic heterocycles. The minimum absolute atomic E-state index is 0.0755. The van der Waals surface area contributed by atoms with E-state index in [9.17, 15) is 5.11 Å². The van der Waals surface area contributed by atoms with Gasteiger partial charge in [0.25, 0.3) is 0 Å². The summed E-state index contributed by atoms with van der Waals surface area (Å²) in [5, 5.41) is 9.95. The number of aliphatic hydroxyl groups excluding tert-OH is 1. The monoisotopic (exact) mass is 275 g/mol. The van der Waals surface area contributed by atoms with Crippen molar-refractivity contribution in [2.75, 3.05) is 19.8 Å². The van der Waals surface area contributed by atoms with Gasteiger partial charge in [0.05, 0.1) is 31.1 Å². The molecule has 0 bridgehead atoms. The second-order valence-electron chi connectivity index (χ2n) is 5.44. The van der Waals surface area contributed by atoms with E-state index in [0.717, 1.165) is 24.4 Å². The van der Waals surface area contributed by atoms with Crippen LogP contribution in [0.5, 0.6) is 0 Å². The van der Waals surface area contributed by atoms with Crippen LogP contribution in [0.4, 0.5) is 0 Å². The van der Waals surface area contributed by atoms with Crippen LogP contribution in [0.25, 0.3) is 5.65 Å². The minimum atomic E-state index is -0.394. The van der Waals surface area contributed by atoms with E-state index in [1.165, 1.54) is 5.56 Å². The Morgan fingerprint density at radius 3 is 3.05 bits per heavy atom. The van der Waals surface area contributed by atoms with Gasteiger partial charge in [-0.2, -0.15) is 0 Å². The zero-order valence-corrected chi connectivity index (χ0v) is 12.0. The molecule has 5 heteroatoms. The van der Waals surface area contributed by atoms with Gasteiger partial charge in [0, 0.05) is 18.9 Å². The third-order valence-electron chi connectivity index (χ3n) is 3.93. The Hall–Kier alpha value is -1.43. The Morgan fingerprint density at radius 1 is 1.50 bits per heavy atom. The standard InChI is InChI=1S/C15H21N3O2/c1-3-17(13-9-20-10-14(13)19)7-12-8-18-5-4-11(2)6-15(18)16-12/h4-6,8,13-14,19H,3,7,9-10H2,1-2H3/t13-,14-/m0/s1. The van der Waals surface area contributed by atoms with Gasteiger partial charge < -0.3 is 14.2 Å². The molecular formula is C15H21N3O2. The highest BCUT2D eigenvalue weighted by atomic mass is 16.5. The molecule has 1 fully saturated rings. The highest BCUT2D eigenvalue weighted by molar-refractivity contribution is 5.42. The van der Waals surface area contributed by atoms with E-state index in [1.807, 2.05) is 10.6 Å². The summed E-state index contributed by atoms with van der Waals surface area (Å²) in [5.41, 5.74) is 3.21. The number of hydrogen-bond donors (Lipinski definition) is 1. The van der Waals surface area contributed by atoms with E-state index in [4.69, 9.17) is 4.74 Å². The van der Waals surface area contributed by atoms with Crippen molar-refractivity contribution in [3.8, 4) is 0 Å². The van der Waals surface area contributed by atoms with Gasteiger partial charge >= 0.3 is 0 Å². The number of likely N-dealkylation sites (N-methyl/N-ethyl adjacent to an activating group) is 1. The van der Waals surface area contributed by atoms with Crippen molar-refractivity contribution in [1.29, 1.82) is 0 Å². The number of fused-ring (bicyclic) bond motifs is 1. The number of rotatable bonds is 4. The van der Waals surface area contributed by atoms with Crippen LogP contribution in [0.15, 0.2) is 24.5 Å². The molecule has 2 aromatic rings. The molecule has 20 heavy (non-hydrogen) atoms. The molecule has 3 heterocycles. The van der Waals surface area contributed by atoms with Gasteiger partial charge in [0.1, 0.15) is 5.65 Å². The maximum Gasteiger partial charge on any atom is 0.137 e. The maximum absolute atomic E-state index is 9.95. The topological polar surface area (TPSA) is 50.0 Å². The van der Waals surface area contributed by atoms with E-state index >= 15 is 0 Å². The molecule has 3 rings (SSSR count). The second kappa shape index (κ2) is 5.52. The lowest BCUT2D eigenvalue weighted by atomic mass is 10.1. The van der Waals surface area contributed by atoms with E-state index in [1.54, 1.807) is 0 Å². The molecule has 0 saturated carbocycles. The number of ether oxygens (including phenoxy) is 1. The van der Waals surface area contributed by atoms with Gasteiger partial charge in [0.2, 0.25) is 0 Å². The number of imidazole rings is 1. The van der Waals surface area contributed by atoms with E-state index in [2.05, 4.69) is 42.1 Å². The van der Waals surface area contributed by atoms with Gasteiger partial charge in [-0.1, -0.05) is 6.92 Å². The zero-order valence-electron chi connectivity index (χ0n) is 12.0. The van der Waals surface area contributed by atoms with Crippen molar-refractivity contribution in [3.05, 3.63) is 35.8 Å². The lowest BCUT2D eigenvalue weighted by Crippen LogP contribution is -2.42. The van der Waals surface area contributed by atoms with Crippen LogP contribution in [0.1, 0.15) is 18.2 Å². The fraction of sp³-hybridized carbons (Fsp3) is 0.533. The van der Waals surface area contributed by atoms with E-state index in [-0.39, 0.29) is 6.04 Å². The second-order valence-corrected chi connectivity index (χ2v) is 5.44. The van der Waals surface area contributed by atoms with Crippen molar-refractivity contribution < 1.29 is 9.84 Å². The lowest BCUT2D eigenvalue weighted by molar-refractivity contribution is 0.0802. The van der Waals surface area contributed by atoms with Crippen LogP contribution in [-0.4, -0.2) is 51.3 Å². The number of nitrogens with zero attached hydrogens (tertiary/aromatic N) is 3. The van der Waals surface area contributed by atoms with E-state index < -0.39 is 6.10 Å². The van der Waals surface area contributed by atoms with Crippen molar-refractivity contribution in [2.24, 2.45) is 0 Å². The van der Waals surface area contributed by atoms with Gasteiger partial charge in [-0.15, -0.1) is 0 Å². The fourth-order valence-corrected chi connectivity index (χ4v) is 2.76. The first-order valence-corrected chi connectivity index (χ1v) is 7.11. The summed E-state index contributed by atoms with van der Waals surface area (Å²) < 4.78 is 7.39. The van der Waals surface area contributed by atoms with Crippen molar-refractivity contribution in [3.63, 3.8) is 0 Å². The lowest BCUT2D eigenvalue weighted by Gasteiger charge is -2.27. The van der Waals surface area contributed by atoms with Crippen LogP contribution >= 0.6 is 0 Å². The molecule has 1 aliphatic heterocycles. The van der Waals surface area contributed by atoms with Gasteiger partial charge in [-0.25, -0.2) is 4.98 Å². The smallest absolute Gasteiger partial charge is 0.137 e. The van der Waals surface area contributed by atoms with Crippen LogP contribution in [-0.2, 0) is 11.3 Å². The highest BCUT2D eigenvalue weighted by Gasteiger charge is 2.31. The predicted octanol–water partition coefficient (Wildman–Crippen LogP) is 1.22. The fourth-order valence-electron chi connectivity index (χ4n) is 2.76. The predicted molar refractivity (Wildman–Crippen MR) is 76.6 cm³/mol. The number of aryl methyl sites for hydroxylation is 1.